The molecule has 1 rings (SSSR count). The number of aliphatic hydroxyl groups excluding tert-OH is 1. The highest BCUT2D eigenvalue weighted by atomic mass is 35.5. The Labute approximate surface area is 69.4 Å². The largest absolute Gasteiger partial charge is 0.389 e. The molecule has 0 spiro atoms. The monoisotopic (exact) mass is 174 g/mol. The third kappa shape index (κ3) is 1.91. The smallest absolute Gasteiger partial charge is 0.129 e. The van der Waals surface area contributed by atoms with Gasteiger partial charge >= 0.3 is 0 Å². The van der Waals surface area contributed by atoms with Crippen molar-refractivity contribution in [1.82, 2.24) is 0 Å². The number of benzene rings is 1. The molecule has 1 atom stereocenters. The summed E-state index contributed by atoms with van der Waals surface area (Å²) in [5.74, 6) is -0.426. The molecule has 0 bridgehead atoms. The van der Waals surface area contributed by atoms with Gasteiger partial charge in [0.25, 0.3) is 0 Å². The highest BCUT2D eigenvalue weighted by molar-refractivity contribution is 6.30. The van der Waals surface area contributed by atoms with Crippen molar-refractivity contribution in [2.45, 2.75) is 13.0 Å². The molecule has 0 aliphatic carbocycles. The minimum absolute atomic E-state index is 0.234. The van der Waals surface area contributed by atoms with E-state index in [1.54, 1.807) is 0 Å². The number of halogens is 2. The van der Waals surface area contributed by atoms with Crippen molar-refractivity contribution in [3.05, 3.63) is 34.6 Å². The molecule has 0 fully saturated rings. The van der Waals surface area contributed by atoms with Gasteiger partial charge in [-0.05, 0) is 25.1 Å². The molecule has 1 N–H and O–H groups in total. The maximum Gasteiger partial charge on any atom is 0.129 e. The van der Waals surface area contributed by atoms with Gasteiger partial charge in [0.2, 0.25) is 0 Å². The van der Waals surface area contributed by atoms with E-state index in [2.05, 4.69) is 0 Å². The average Bonchev–Trinajstić information content (AvgIpc) is 1.94. The van der Waals surface area contributed by atoms with Crippen LogP contribution in [0.4, 0.5) is 4.39 Å². The van der Waals surface area contributed by atoms with Crippen LogP contribution in [-0.2, 0) is 0 Å². The Kier molecular flexibility index (Phi) is 2.47. The molecule has 1 aromatic carbocycles. The van der Waals surface area contributed by atoms with Crippen LogP contribution in [0.1, 0.15) is 18.6 Å². The number of hydrogen-bond acceptors (Lipinski definition) is 1. The van der Waals surface area contributed by atoms with E-state index in [1.165, 1.54) is 25.1 Å². The molecule has 3 heteroatoms. The first kappa shape index (κ1) is 8.50. The van der Waals surface area contributed by atoms with Crippen molar-refractivity contribution in [2.24, 2.45) is 0 Å². The van der Waals surface area contributed by atoms with E-state index in [0.717, 1.165) is 0 Å². The predicted octanol–water partition coefficient (Wildman–Crippen LogP) is 2.53. The maximum absolute atomic E-state index is 12.8. The third-order valence-corrected chi connectivity index (χ3v) is 1.64. The van der Waals surface area contributed by atoms with E-state index in [-0.39, 0.29) is 5.56 Å². The van der Waals surface area contributed by atoms with Crippen LogP contribution in [-0.4, -0.2) is 5.11 Å². The molecule has 11 heavy (non-hydrogen) atoms. The Balaban J connectivity index is 3.13. The summed E-state index contributed by atoms with van der Waals surface area (Å²) >= 11 is 5.58. The molecule has 0 aliphatic heterocycles. The number of hydrogen-bond donors (Lipinski definition) is 1. The molecule has 0 saturated carbocycles. The van der Waals surface area contributed by atoms with Crippen molar-refractivity contribution in [2.75, 3.05) is 0 Å². The molecule has 0 aromatic heterocycles. The fourth-order valence-corrected chi connectivity index (χ4v) is 1.02. The van der Waals surface area contributed by atoms with Crippen molar-refractivity contribution in [1.29, 1.82) is 0 Å². The molecule has 1 aromatic rings. The van der Waals surface area contributed by atoms with Gasteiger partial charge in [-0.15, -0.1) is 0 Å². The molecular weight excluding hydrogens is 167 g/mol. The van der Waals surface area contributed by atoms with Crippen LogP contribution in [0.15, 0.2) is 18.2 Å². The zero-order valence-corrected chi connectivity index (χ0v) is 6.77. The summed E-state index contributed by atoms with van der Waals surface area (Å²) in [4.78, 5) is 0. The van der Waals surface area contributed by atoms with Crippen LogP contribution in [0, 0.1) is 5.82 Å². The zero-order valence-electron chi connectivity index (χ0n) is 6.01. The Morgan fingerprint density at radius 3 is 2.64 bits per heavy atom. The van der Waals surface area contributed by atoms with Crippen LogP contribution in [0.2, 0.25) is 5.02 Å². The molecule has 0 unspecified atom stereocenters. The first-order chi connectivity index (χ1) is 5.11. The molecule has 0 amide bonds. The van der Waals surface area contributed by atoms with Crippen LogP contribution in [0.5, 0.6) is 0 Å². The Morgan fingerprint density at radius 2 is 2.18 bits per heavy atom. The quantitative estimate of drug-likeness (QED) is 0.694. The van der Waals surface area contributed by atoms with E-state index >= 15 is 0 Å². The average molecular weight is 175 g/mol. The summed E-state index contributed by atoms with van der Waals surface area (Å²) in [6.45, 7) is 1.49. The zero-order chi connectivity index (χ0) is 8.43. The fraction of sp³-hybridized carbons (Fsp3) is 0.250. The van der Waals surface area contributed by atoms with Crippen LogP contribution >= 0.6 is 11.6 Å². The summed E-state index contributed by atoms with van der Waals surface area (Å²) in [5.41, 5.74) is 0.234. The minimum atomic E-state index is -0.811. The molecular formula is C8H8ClFO. The second-order valence-corrected chi connectivity index (χ2v) is 2.78. The van der Waals surface area contributed by atoms with E-state index in [0.29, 0.717) is 5.02 Å². The fourth-order valence-electron chi connectivity index (χ4n) is 0.835. The van der Waals surface area contributed by atoms with E-state index in [9.17, 15) is 4.39 Å². The molecule has 0 aliphatic rings. The highest BCUT2D eigenvalue weighted by Gasteiger charge is 2.07. The minimum Gasteiger partial charge on any atom is -0.389 e. The first-order valence-electron chi connectivity index (χ1n) is 3.24. The normalized spacial score (nSPS) is 13.1. The second kappa shape index (κ2) is 3.20. The van der Waals surface area contributed by atoms with E-state index < -0.39 is 11.9 Å². The summed E-state index contributed by atoms with van der Waals surface area (Å²) < 4.78 is 12.8. The lowest BCUT2D eigenvalue weighted by molar-refractivity contribution is 0.194. The summed E-state index contributed by atoms with van der Waals surface area (Å²) in [7, 11) is 0. The van der Waals surface area contributed by atoms with Crippen molar-refractivity contribution in [3.63, 3.8) is 0 Å². The lowest BCUT2D eigenvalue weighted by Crippen LogP contribution is -1.94. The predicted molar refractivity (Wildman–Crippen MR) is 42.0 cm³/mol. The first-order valence-corrected chi connectivity index (χ1v) is 3.62. The van der Waals surface area contributed by atoms with Crippen molar-refractivity contribution in [3.8, 4) is 0 Å². The van der Waals surface area contributed by atoms with Gasteiger partial charge in [0.1, 0.15) is 5.82 Å². The van der Waals surface area contributed by atoms with Gasteiger partial charge in [-0.1, -0.05) is 11.6 Å². The number of aliphatic hydroxyl groups is 1. The van der Waals surface area contributed by atoms with Crippen molar-refractivity contribution >= 4 is 11.6 Å². The van der Waals surface area contributed by atoms with E-state index in [4.69, 9.17) is 16.7 Å². The maximum atomic E-state index is 12.8. The molecule has 1 nitrogen and oxygen atoms in total. The standard InChI is InChI=1S/C8H8ClFO/c1-5(11)7-4-6(9)2-3-8(7)10/h2-5,11H,1H3/t5-/m0/s1. The molecule has 0 radical (unpaired) electrons. The van der Waals surface area contributed by atoms with Gasteiger partial charge in [0.15, 0.2) is 0 Å². The van der Waals surface area contributed by atoms with Gasteiger partial charge < -0.3 is 5.11 Å². The van der Waals surface area contributed by atoms with Gasteiger partial charge in [-0.2, -0.15) is 0 Å². The van der Waals surface area contributed by atoms with Crippen molar-refractivity contribution < 1.29 is 9.50 Å². The Hall–Kier alpha value is -0.600. The number of rotatable bonds is 1. The Morgan fingerprint density at radius 1 is 1.55 bits per heavy atom. The van der Waals surface area contributed by atoms with Crippen LogP contribution in [0.25, 0.3) is 0 Å². The molecule has 60 valence electrons. The third-order valence-electron chi connectivity index (χ3n) is 1.41. The van der Waals surface area contributed by atoms with Crippen LogP contribution < -0.4 is 0 Å². The van der Waals surface area contributed by atoms with Gasteiger partial charge in [0.05, 0.1) is 6.10 Å². The lowest BCUT2D eigenvalue weighted by atomic mass is 10.1. The summed E-state index contributed by atoms with van der Waals surface area (Å²) in [5, 5.41) is 9.46. The lowest BCUT2D eigenvalue weighted by Gasteiger charge is -2.05. The Bertz CT molecular complexity index is 260. The second-order valence-electron chi connectivity index (χ2n) is 2.34. The van der Waals surface area contributed by atoms with Gasteiger partial charge in [0, 0.05) is 10.6 Å². The molecule has 0 heterocycles. The van der Waals surface area contributed by atoms with Gasteiger partial charge in [-0.3, -0.25) is 0 Å². The molecule has 0 saturated heterocycles. The highest BCUT2D eigenvalue weighted by Crippen LogP contribution is 2.20. The van der Waals surface area contributed by atoms with Gasteiger partial charge in [-0.25, -0.2) is 4.39 Å². The van der Waals surface area contributed by atoms with E-state index in [1.807, 2.05) is 0 Å². The topological polar surface area (TPSA) is 20.2 Å². The summed E-state index contributed by atoms with van der Waals surface area (Å²) in [6, 6.07) is 4.11. The van der Waals surface area contributed by atoms with Crippen LogP contribution in [0.3, 0.4) is 0 Å². The SMILES string of the molecule is C[C@H](O)c1cc(Cl)ccc1F. The summed E-state index contributed by atoms with van der Waals surface area (Å²) in [6.07, 6.45) is -0.811.